The van der Waals surface area contributed by atoms with E-state index >= 15 is 0 Å². The largest absolute Gasteiger partial charge is 0.504 e. The van der Waals surface area contributed by atoms with Gasteiger partial charge in [-0.25, -0.2) is 0 Å². The molecule has 1 aromatic carbocycles. The molecule has 1 aliphatic heterocycles. The fourth-order valence-electron chi connectivity index (χ4n) is 5.91. The normalized spacial score (nSPS) is 38.3. The van der Waals surface area contributed by atoms with Gasteiger partial charge in [0, 0.05) is 24.1 Å². The first-order valence-electron chi connectivity index (χ1n) is 9.14. The number of likely N-dealkylation sites (tertiary alicyclic amines) is 1. The molecule has 5 atom stereocenters. The molecule has 1 heterocycles. The van der Waals surface area contributed by atoms with Crippen LogP contribution in [0.1, 0.15) is 37.3 Å². The van der Waals surface area contributed by atoms with E-state index in [4.69, 9.17) is 9.47 Å². The molecule has 1 saturated carbocycles. The van der Waals surface area contributed by atoms with E-state index in [2.05, 4.69) is 24.9 Å². The van der Waals surface area contributed by atoms with Gasteiger partial charge in [0.15, 0.2) is 11.5 Å². The summed E-state index contributed by atoms with van der Waals surface area (Å²) < 4.78 is 11.3. The van der Waals surface area contributed by atoms with Gasteiger partial charge in [-0.05, 0) is 62.7 Å². The van der Waals surface area contributed by atoms with Crippen molar-refractivity contribution in [3.05, 3.63) is 23.3 Å². The number of rotatable bonds is 2. The van der Waals surface area contributed by atoms with E-state index in [1.54, 1.807) is 7.11 Å². The zero-order valence-corrected chi connectivity index (χ0v) is 15.2. The number of nitrogens with zero attached hydrogens (tertiary/aromatic N) is 1. The summed E-state index contributed by atoms with van der Waals surface area (Å²) in [7, 11) is 5.73. The monoisotopic (exact) mass is 331 g/mol. The first-order chi connectivity index (χ1) is 11.5. The minimum atomic E-state index is 0.0244. The highest BCUT2D eigenvalue weighted by Crippen LogP contribution is 2.60. The van der Waals surface area contributed by atoms with Gasteiger partial charge in [-0.2, -0.15) is 0 Å². The maximum atomic E-state index is 11.0. The summed E-state index contributed by atoms with van der Waals surface area (Å²) in [6.07, 6.45) is 4.56. The molecule has 0 radical (unpaired) electrons. The van der Waals surface area contributed by atoms with Crippen molar-refractivity contribution >= 4 is 0 Å². The second-order valence-corrected chi connectivity index (χ2v) is 8.11. The minimum absolute atomic E-state index is 0.0244. The highest BCUT2D eigenvalue weighted by Gasteiger charge is 2.57. The Morgan fingerprint density at radius 3 is 2.79 bits per heavy atom. The second-order valence-electron chi connectivity index (χ2n) is 8.11. The first-order valence-corrected chi connectivity index (χ1v) is 9.14. The molecule has 2 aliphatic carbocycles. The van der Waals surface area contributed by atoms with E-state index in [0.717, 1.165) is 31.4 Å². The zero-order valence-electron chi connectivity index (χ0n) is 15.2. The van der Waals surface area contributed by atoms with Crippen molar-refractivity contribution in [2.75, 3.05) is 27.8 Å². The third-order valence-corrected chi connectivity index (χ3v) is 7.15. The molecule has 2 fully saturated rings. The van der Waals surface area contributed by atoms with Gasteiger partial charge in [-0.1, -0.05) is 13.0 Å². The van der Waals surface area contributed by atoms with Crippen molar-refractivity contribution in [2.24, 2.45) is 11.8 Å². The highest BCUT2D eigenvalue weighted by molar-refractivity contribution is 5.56. The molecule has 132 valence electrons. The van der Waals surface area contributed by atoms with Gasteiger partial charge in [0.05, 0.1) is 13.2 Å². The number of hydrogen-bond donors (Lipinski definition) is 1. The number of phenolic OH excluding ortho intramolecular Hbond substituents is 1. The Bertz CT molecular complexity index is 646. The lowest BCUT2D eigenvalue weighted by Crippen LogP contribution is -2.62. The lowest BCUT2D eigenvalue weighted by molar-refractivity contribution is -0.0786. The van der Waals surface area contributed by atoms with E-state index in [1.165, 1.54) is 12.0 Å². The predicted molar refractivity (Wildman–Crippen MR) is 93.8 cm³/mol. The van der Waals surface area contributed by atoms with E-state index < -0.39 is 0 Å². The third kappa shape index (κ3) is 2.05. The number of likely N-dealkylation sites (N-methyl/N-ethyl adjacent to an activating group) is 1. The highest BCUT2D eigenvalue weighted by atomic mass is 16.5. The van der Waals surface area contributed by atoms with Gasteiger partial charge in [-0.15, -0.1) is 0 Å². The van der Waals surface area contributed by atoms with Crippen LogP contribution in [0, 0.1) is 11.8 Å². The summed E-state index contributed by atoms with van der Waals surface area (Å²) in [5, 5.41) is 11.0. The maximum Gasteiger partial charge on any atom is 0.161 e. The topological polar surface area (TPSA) is 41.9 Å². The van der Waals surface area contributed by atoms with Crippen LogP contribution in [0.2, 0.25) is 0 Å². The van der Waals surface area contributed by atoms with Crippen molar-refractivity contribution in [1.82, 2.24) is 4.90 Å². The molecule has 4 heteroatoms. The lowest BCUT2D eigenvalue weighted by Gasteiger charge is -2.60. The van der Waals surface area contributed by atoms with Crippen LogP contribution in [-0.2, 0) is 16.6 Å². The van der Waals surface area contributed by atoms with Crippen molar-refractivity contribution in [2.45, 2.75) is 50.2 Å². The number of ether oxygens (including phenoxy) is 2. The molecule has 4 rings (SSSR count). The maximum absolute atomic E-state index is 11.0. The summed E-state index contributed by atoms with van der Waals surface area (Å²) in [6.45, 7) is 3.40. The molecule has 3 aliphatic rings. The Morgan fingerprint density at radius 2 is 2.08 bits per heavy atom. The fourth-order valence-corrected chi connectivity index (χ4v) is 5.91. The van der Waals surface area contributed by atoms with Crippen molar-refractivity contribution in [3.63, 3.8) is 0 Å². The van der Waals surface area contributed by atoms with E-state index in [1.807, 2.05) is 13.2 Å². The van der Waals surface area contributed by atoms with E-state index in [-0.39, 0.29) is 11.5 Å². The van der Waals surface area contributed by atoms with Gasteiger partial charge in [0.25, 0.3) is 0 Å². The van der Waals surface area contributed by atoms with Crippen LogP contribution < -0.4 is 4.74 Å². The number of phenols is 1. The molecule has 1 N–H and O–H groups in total. The van der Waals surface area contributed by atoms with Crippen LogP contribution in [0.4, 0.5) is 0 Å². The molecular weight excluding hydrogens is 302 g/mol. The third-order valence-electron chi connectivity index (χ3n) is 7.15. The zero-order chi connectivity index (χ0) is 17.1. The molecule has 1 saturated heterocycles. The Hall–Kier alpha value is -1.26. The van der Waals surface area contributed by atoms with Crippen molar-refractivity contribution in [3.8, 4) is 11.5 Å². The molecule has 4 nitrogen and oxygen atoms in total. The van der Waals surface area contributed by atoms with Gasteiger partial charge >= 0.3 is 0 Å². The van der Waals surface area contributed by atoms with Crippen LogP contribution in [0.15, 0.2) is 12.1 Å². The Morgan fingerprint density at radius 1 is 1.29 bits per heavy atom. The molecular formula is C20H29NO3. The van der Waals surface area contributed by atoms with E-state index in [9.17, 15) is 5.11 Å². The van der Waals surface area contributed by atoms with Crippen LogP contribution >= 0.6 is 0 Å². The number of benzene rings is 1. The van der Waals surface area contributed by atoms with Crippen LogP contribution in [-0.4, -0.2) is 50.0 Å². The number of piperidine rings is 1. The average Bonchev–Trinajstić information content (AvgIpc) is 2.58. The minimum Gasteiger partial charge on any atom is -0.504 e. The summed E-state index contributed by atoms with van der Waals surface area (Å²) >= 11 is 0. The molecule has 1 aromatic rings. The summed E-state index contributed by atoms with van der Waals surface area (Å²) in [5.74, 6) is 2.12. The Balaban J connectivity index is 1.91. The molecule has 2 bridgehead atoms. The van der Waals surface area contributed by atoms with Crippen molar-refractivity contribution in [1.29, 1.82) is 0 Å². The van der Waals surface area contributed by atoms with Crippen LogP contribution in [0.25, 0.3) is 0 Å². The summed E-state index contributed by atoms with van der Waals surface area (Å²) in [6, 6.07) is 4.65. The smallest absolute Gasteiger partial charge is 0.161 e. The van der Waals surface area contributed by atoms with Gasteiger partial charge in [0.1, 0.15) is 0 Å². The average molecular weight is 331 g/mol. The van der Waals surface area contributed by atoms with Crippen molar-refractivity contribution < 1.29 is 14.6 Å². The van der Waals surface area contributed by atoms with Gasteiger partial charge < -0.3 is 19.5 Å². The molecule has 0 aromatic heterocycles. The second kappa shape index (κ2) is 5.63. The van der Waals surface area contributed by atoms with E-state index in [0.29, 0.717) is 29.4 Å². The van der Waals surface area contributed by atoms with Crippen LogP contribution in [0.5, 0.6) is 11.5 Å². The van der Waals surface area contributed by atoms with Crippen LogP contribution in [0.3, 0.4) is 0 Å². The quantitative estimate of drug-likeness (QED) is 0.905. The SMILES string of the molecule is COc1ccc2c(c1O)[C@]13CCN(C)[C@H](C2)[C@@H]1C[C@@H](C)C(OC)C3. The Labute approximate surface area is 144 Å². The fraction of sp³-hybridized carbons (Fsp3) is 0.700. The Kier molecular flexibility index (Phi) is 3.81. The summed E-state index contributed by atoms with van der Waals surface area (Å²) in [5.41, 5.74) is 2.48. The standard InChI is InChI=1S/C20H29NO3/c1-12-9-14-15-10-13-5-6-16(23-3)19(22)18(13)20(14,7-8-21(15)2)11-17(12)24-4/h5-6,12,14-15,17,22H,7-11H2,1-4H3/t12-,14+,15-,17?,20+/m1/s1. The molecule has 1 unspecified atom stereocenters. The lowest BCUT2D eigenvalue weighted by atomic mass is 9.50. The number of methoxy groups -OCH3 is 2. The number of fused-ring (bicyclic) bond motifs is 1. The number of aromatic hydroxyl groups is 1. The van der Waals surface area contributed by atoms with Gasteiger partial charge in [0.2, 0.25) is 0 Å². The van der Waals surface area contributed by atoms with Gasteiger partial charge in [-0.3, -0.25) is 0 Å². The number of hydrogen-bond acceptors (Lipinski definition) is 4. The molecule has 0 spiro atoms. The summed E-state index contributed by atoms with van der Waals surface area (Å²) in [4.78, 5) is 2.53. The molecule has 0 amide bonds. The predicted octanol–water partition coefficient (Wildman–Crippen LogP) is 2.96. The molecule has 24 heavy (non-hydrogen) atoms. The first kappa shape index (κ1) is 16.2.